The van der Waals surface area contributed by atoms with Gasteiger partial charge in [0.25, 0.3) is 0 Å². The molecule has 0 unspecified atom stereocenters. The van der Waals surface area contributed by atoms with E-state index < -0.39 is 0 Å². The van der Waals surface area contributed by atoms with Gasteiger partial charge in [-0.25, -0.2) is 0 Å². The predicted molar refractivity (Wildman–Crippen MR) is 87.1 cm³/mol. The summed E-state index contributed by atoms with van der Waals surface area (Å²) in [5, 5.41) is 0.465. The molecular weight excluding hydrogens is 316 g/mol. The third-order valence-electron chi connectivity index (χ3n) is 3.53. The molecule has 23 heavy (non-hydrogen) atoms. The van der Waals surface area contributed by atoms with Gasteiger partial charge < -0.3 is 14.2 Å². The van der Waals surface area contributed by atoms with Crippen molar-refractivity contribution >= 4 is 17.6 Å². The van der Waals surface area contributed by atoms with Crippen LogP contribution in [0.4, 0.5) is 0 Å². The van der Waals surface area contributed by atoms with Gasteiger partial charge in [-0.15, -0.1) is 0 Å². The third kappa shape index (κ3) is 3.96. The van der Waals surface area contributed by atoms with E-state index in [0.29, 0.717) is 29.7 Å². The number of ether oxygens (including phenoxy) is 3. The van der Waals surface area contributed by atoms with E-state index >= 15 is 0 Å². The molecule has 1 heterocycles. The fourth-order valence-electron chi connectivity index (χ4n) is 2.34. The molecule has 0 radical (unpaired) electrons. The topological polar surface area (TPSA) is 44.8 Å². The molecule has 0 saturated heterocycles. The summed E-state index contributed by atoms with van der Waals surface area (Å²) in [5.41, 5.74) is 2.87. The number of rotatable bonds is 4. The first-order chi connectivity index (χ1) is 11.1. The van der Waals surface area contributed by atoms with Gasteiger partial charge in [0.2, 0.25) is 0 Å². The number of esters is 1. The van der Waals surface area contributed by atoms with E-state index in [2.05, 4.69) is 0 Å². The number of aryl methyl sites for hydroxylation is 1. The molecule has 1 aliphatic heterocycles. The lowest BCUT2D eigenvalue weighted by Crippen LogP contribution is -2.16. The summed E-state index contributed by atoms with van der Waals surface area (Å²) < 4.78 is 16.3. The van der Waals surface area contributed by atoms with Gasteiger partial charge in [0.1, 0.15) is 19.8 Å². The smallest absolute Gasteiger partial charge is 0.310 e. The fourth-order valence-corrected chi connectivity index (χ4v) is 2.62. The standard InChI is InChI=1S/C18H17ClO4/c1-12-2-4-13(5-3-12)10-17(20)23-11-14-8-15(19)18-16(9-14)21-6-7-22-18/h2-5,8-9H,6-7,10-11H2,1H3. The molecule has 0 fully saturated rings. The van der Waals surface area contributed by atoms with Crippen molar-refractivity contribution in [2.24, 2.45) is 0 Å². The molecule has 0 amide bonds. The minimum absolute atomic E-state index is 0.154. The lowest BCUT2D eigenvalue weighted by atomic mass is 10.1. The molecule has 0 saturated carbocycles. The quantitative estimate of drug-likeness (QED) is 0.801. The predicted octanol–water partition coefficient (Wildman–Crippen LogP) is 3.71. The van der Waals surface area contributed by atoms with Crippen LogP contribution in [0.5, 0.6) is 11.5 Å². The SMILES string of the molecule is Cc1ccc(CC(=O)OCc2cc(Cl)c3c(c2)OCCO3)cc1. The zero-order valence-corrected chi connectivity index (χ0v) is 13.6. The Morgan fingerprint density at radius 1 is 1.13 bits per heavy atom. The Morgan fingerprint density at radius 2 is 1.87 bits per heavy atom. The highest BCUT2D eigenvalue weighted by atomic mass is 35.5. The van der Waals surface area contributed by atoms with Gasteiger partial charge in [0, 0.05) is 0 Å². The Hall–Kier alpha value is -2.20. The summed E-state index contributed by atoms with van der Waals surface area (Å²) in [4.78, 5) is 11.9. The Kier molecular flexibility index (Phi) is 4.72. The molecule has 0 N–H and O–H groups in total. The number of carbonyl (C=O) groups excluding carboxylic acids is 1. The number of halogens is 1. The maximum absolute atomic E-state index is 11.9. The van der Waals surface area contributed by atoms with E-state index in [0.717, 1.165) is 16.7 Å². The Bertz CT molecular complexity index is 710. The fraction of sp³-hybridized carbons (Fsp3) is 0.278. The van der Waals surface area contributed by atoms with Crippen molar-refractivity contribution in [3.05, 3.63) is 58.1 Å². The van der Waals surface area contributed by atoms with Gasteiger partial charge in [-0.1, -0.05) is 41.4 Å². The molecule has 0 aliphatic carbocycles. The Balaban J connectivity index is 1.60. The Morgan fingerprint density at radius 3 is 2.65 bits per heavy atom. The van der Waals surface area contributed by atoms with Crippen molar-refractivity contribution in [2.45, 2.75) is 20.0 Å². The van der Waals surface area contributed by atoms with E-state index in [1.54, 1.807) is 12.1 Å². The van der Waals surface area contributed by atoms with Crippen LogP contribution in [0.3, 0.4) is 0 Å². The second-order valence-corrected chi connectivity index (χ2v) is 5.83. The lowest BCUT2D eigenvalue weighted by molar-refractivity contribution is -0.144. The number of carbonyl (C=O) groups is 1. The number of fused-ring (bicyclic) bond motifs is 1. The van der Waals surface area contributed by atoms with Crippen molar-refractivity contribution in [3.8, 4) is 11.5 Å². The molecule has 2 aromatic rings. The second kappa shape index (κ2) is 6.92. The van der Waals surface area contributed by atoms with E-state index in [-0.39, 0.29) is 19.0 Å². The largest absolute Gasteiger partial charge is 0.486 e. The average Bonchev–Trinajstić information content (AvgIpc) is 2.55. The normalized spacial score (nSPS) is 12.8. The van der Waals surface area contributed by atoms with Crippen molar-refractivity contribution < 1.29 is 19.0 Å². The van der Waals surface area contributed by atoms with Crippen LogP contribution in [0.15, 0.2) is 36.4 Å². The number of hydrogen-bond acceptors (Lipinski definition) is 4. The van der Waals surface area contributed by atoms with E-state index in [1.807, 2.05) is 31.2 Å². The van der Waals surface area contributed by atoms with Crippen LogP contribution in [0, 0.1) is 6.92 Å². The van der Waals surface area contributed by atoms with E-state index in [4.69, 9.17) is 25.8 Å². The first-order valence-electron chi connectivity index (χ1n) is 7.41. The van der Waals surface area contributed by atoms with Gasteiger partial charge in [0.05, 0.1) is 11.4 Å². The summed E-state index contributed by atoms with van der Waals surface area (Å²) >= 11 is 6.16. The van der Waals surface area contributed by atoms with Crippen LogP contribution in [0.25, 0.3) is 0 Å². The molecule has 120 valence electrons. The van der Waals surface area contributed by atoms with Gasteiger partial charge in [-0.2, -0.15) is 0 Å². The summed E-state index contributed by atoms with van der Waals surface area (Å²) in [6, 6.07) is 11.3. The molecule has 0 aromatic heterocycles. The molecule has 2 aromatic carbocycles. The minimum atomic E-state index is -0.278. The van der Waals surface area contributed by atoms with E-state index in [1.165, 1.54) is 0 Å². The summed E-state index contributed by atoms with van der Waals surface area (Å²) in [5.74, 6) is 0.862. The number of benzene rings is 2. The van der Waals surface area contributed by atoms with Crippen molar-refractivity contribution in [3.63, 3.8) is 0 Å². The molecule has 0 spiro atoms. The van der Waals surface area contributed by atoms with Gasteiger partial charge in [-0.05, 0) is 30.2 Å². The van der Waals surface area contributed by atoms with Crippen molar-refractivity contribution in [1.82, 2.24) is 0 Å². The number of hydrogen-bond donors (Lipinski definition) is 0. The van der Waals surface area contributed by atoms with Crippen LogP contribution in [0.2, 0.25) is 5.02 Å². The first kappa shape index (κ1) is 15.7. The first-order valence-corrected chi connectivity index (χ1v) is 7.79. The monoisotopic (exact) mass is 332 g/mol. The van der Waals surface area contributed by atoms with Gasteiger partial charge in [-0.3, -0.25) is 4.79 Å². The maximum Gasteiger partial charge on any atom is 0.310 e. The van der Waals surface area contributed by atoms with E-state index in [9.17, 15) is 4.79 Å². The highest BCUT2D eigenvalue weighted by Crippen LogP contribution is 2.38. The van der Waals surface area contributed by atoms with Crippen LogP contribution in [-0.4, -0.2) is 19.2 Å². The molecule has 1 aliphatic rings. The zero-order valence-electron chi connectivity index (χ0n) is 12.8. The van der Waals surface area contributed by atoms with Crippen LogP contribution in [0.1, 0.15) is 16.7 Å². The molecular formula is C18H17ClO4. The average molecular weight is 333 g/mol. The minimum Gasteiger partial charge on any atom is -0.486 e. The molecule has 4 nitrogen and oxygen atoms in total. The Labute approximate surface area is 139 Å². The zero-order chi connectivity index (χ0) is 16.2. The third-order valence-corrected chi connectivity index (χ3v) is 3.81. The highest BCUT2D eigenvalue weighted by Gasteiger charge is 2.17. The molecule has 0 bridgehead atoms. The van der Waals surface area contributed by atoms with Gasteiger partial charge >= 0.3 is 5.97 Å². The molecule has 0 atom stereocenters. The van der Waals surface area contributed by atoms with Crippen LogP contribution < -0.4 is 9.47 Å². The lowest BCUT2D eigenvalue weighted by Gasteiger charge is -2.20. The summed E-state index contributed by atoms with van der Waals surface area (Å²) in [7, 11) is 0. The van der Waals surface area contributed by atoms with Crippen molar-refractivity contribution in [1.29, 1.82) is 0 Å². The van der Waals surface area contributed by atoms with Crippen molar-refractivity contribution in [2.75, 3.05) is 13.2 Å². The maximum atomic E-state index is 11.9. The highest BCUT2D eigenvalue weighted by molar-refractivity contribution is 6.32. The molecule has 3 rings (SSSR count). The van der Waals surface area contributed by atoms with Crippen LogP contribution >= 0.6 is 11.6 Å². The summed E-state index contributed by atoms with van der Waals surface area (Å²) in [6.45, 7) is 3.13. The van der Waals surface area contributed by atoms with Crippen LogP contribution in [-0.2, 0) is 22.6 Å². The van der Waals surface area contributed by atoms with Gasteiger partial charge in [0.15, 0.2) is 11.5 Å². The molecule has 5 heteroatoms. The second-order valence-electron chi connectivity index (χ2n) is 5.42. The summed E-state index contributed by atoms with van der Waals surface area (Å²) in [6.07, 6.45) is 0.249.